The van der Waals surface area contributed by atoms with E-state index in [1.54, 1.807) is 12.1 Å². The van der Waals surface area contributed by atoms with Crippen molar-refractivity contribution in [2.75, 3.05) is 18.0 Å². The van der Waals surface area contributed by atoms with Crippen molar-refractivity contribution in [3.63, 3.8) is 0 Å². The lowest BCUT2D eigenvalue weighted by molar-refractivity contribution is 0.616. The molecule has 16 heavy (non-hydrogen) atoms. The summed E-state index contributed by atoms with van der Waals surface area (Å²) in [4.78, 5) is 2.01. The van der Waals surface area contributed by atoms with Crippen molar-refractivity contribution in [1.29, 1.82) is 5.26 Å². The van der Waals surface area contributed by atoms with Crippen LogP contribution in [0, 0.1) is 17.1 Å². The summed E-state index contributed by atoms with van der Waals surface area (Å²) in [6, 6.07) is 6.58. The van der Waals surface area contributed by atoms with Gasteiger partial charge in [0.15, 0.2) is 0 Å². The minimum atomic E-state index is -0.311. The number of nitrogens with zero attached hydrogens (tertiary/aromatic N) is 2. The molecule has 1 aromatic rings. The summed E-state index contributed by atoms with van der Waals surface area (Å²) in [5.41, 5.74) is 2.21. The first kappa shape index (κ1) is 10.7. The van der Waals surface area contributed by atoms with Crippen molar-refractivity contribution in [3.8, 4) is 6.07 Å². The number of nitriles is 1. The molecule has 1 aliphatic heterocycles. The first-order valence-corrected chi connectivity index (χ1v) is 5.31. The standard InChI is InChI=1S/C13H13FN2/c1-10-3-2-6-16(9-10)13-5-4-11(8-15)7-12(13)14/h3-5,7H,2,6,9H2,1H3. The van der Waals surface area contributed by atoms with Crippen LogP contribution in [0.15, 0.2) is 29.8 Å². The van der Waals surface area contributed by atoms with Crippen LogP contribution < -0.4 is 4.90 Å². The van der Waals surface area contributed by atoms with Crippen LogP contribution in [0.4, 0.5) is 10.1 Å². The van der Waals surface area contributed by atoms with Gasteiger partial charge in [0, 0.05) is 13.1 Å². The Balaban J connectivity index is 2.28. The molecule has 0 atom stereocenters. The van der Waals surface area contributed by atoms with Gasteiger partial charge in [-0.1, -0.05) is 11.6 Å². The average molecular weight is 216 g/mol. The van der Waals surface area contributed by atoms with E-state index in [4.69, 9.17) is 5.26 Å². The summed E-state index contributed by atoms with van der Waals surface area (Å²) in [6.07, 6.45) is 3.13. The van der Waals surface area contributed by atoms with E-state index in [1.165, 1.54) is 11.6 Å². The van der Waals surface area contributed by atoms with Crippen LogP contribution in [0.25, 0.3) is 0 Å². The third-order valence-electron chi connectivity index (χ3n) is 2.75. The Hall–Kier alpha value is -1.82. The fourth-order valence-corrected chi connectivity index (χ4v) is 1.95. The van der Waals surface area contributed by atoms with Crippen LogP contribution in [0.5, 0.6) is 0 Å². The van der Waals surface area contributed by atoms with E-state index in [0.29, 0.717) is 11.3 Å². The number of anilines is 1. The fourth-order valence-electron chi connectivity index (χ4n) is 1.95. The topological polar surface area (TPSA) is 27.0 Å². The third-order valence-corrected chi connectivity index (χ3v) is 2.75. The lowest BCUT2D eigenvalue weighted by atomic mass is 10.1. The van der Waals surface area contributed by atoms with Gasteiger partial charge in [-0.15, -0.1) is 0 Å². The van der Waals surface area contributed by atoms with Crippen LogP contribution in [-0.2, 0) is 0 Å². The van der Waals surface area contributed by atoms with E-state index >= 15 is 0 Å². The molecule has 3 heteroatoms. The molecule has 2 rings (SSSR count). The maximum Gasteiger partial charge on any atom is 0.147 e. The van der Waals surface area contributed by atoms with Crippen molar-refractivity contribution >= 4 is 5.69 Å². The number of benzene rings is 1. The zero-order valence-electron chi connectivity index (χ0n) is 9.20. The van der Waals surface area contributed by atoms with Gasteiger partial charge >= 0.3 is 0 Å². The zero-order chi connectivity index (χ0) is 11.5. The molecular weight excluding hydrogens is 203 g/mol. The van der Waals surface area contributed by atoms with E-state index < -0.39 is 0 Å². The molecule has 0 radical (unpaired) electrons. The molecule has 0 amide bonds. The predicted molar refractivity (Wildman–Crippen MR) is 61.7 cm³/mol. The molecule has 2 nitrogen and oxygen atoms in total. The van der Waals surface area contributed by atoms with Gasteiger partial charge in [0.25, 0.3) is 0 Å². The van der Waals surface area contributed by atoms with Gasteiger partial charge in [-0.2, -0.15) is 5.26 Å². The van der Waals surface area contributed by atoms with Gasteiger partial charge < -0.3 is 4.90 Å². The number of hydrogen-bond acceptors (Lipinski definition) is 2. The highest BCUT2D eigenvalue weighted by Crippen LogP contribution is 2.23. The lowest BCUT2D eigenvalue weighted by Gasteiger charge is -2.28. The van der Waals surface area contributed by atoms with Gasteiger partial charge in [-0.3, -0.25) is 0 Å². The molecule has 0 N–H and O–H groups in total. The number of halogens is 1. The maximum atomic E-state index is 13.7. The highest BCUT2D eigenvalue weighted by molar-refractivity contribution is 5.52. The molecule has 1 heterocycles. The van der Waals surface area contributed by atoms with Crippen LogP contribution in [0.1, 0.15) is 18.9 Å². The normalized spacial score (nSPS) is 15.6. The summed E-state index contributed by atoms with van der Waals surface area (Å²) >= 11 is 0. The van der Waals surface area contributed by atoms with Crippen molar-refractivity contribution in [2.45, 2.75) is 13.3 Å². The van der Waals surface area contributed by atoms with Crippen LogP contribution in [-0.4, -0.2) is 13.1 Å². The van der Waals surface area contributed by atoms with E-state index in [0.717, 1.165) is 19.5 Å². The van der Waals surface area contributed by atoms with Crippen LogP contribution >= 0.6 is 0 Å². The highest BCUT2D eigenvalue weighted by Gasteiger charge is 2.14. The molecule has 0 unspecified atom stereocenters. The van der Waals surface area contributed by atoms with Crippen molar-refractivity contribution < 1.29 is 4.39 Å². The molecule has 0 fully saturated rings. The summed E-state index contributed by atoms with van der Waals surface area (Å²) in [6.45, 7) is 3.65. The average Bonchev–Trinajstić information content (AvgIpc) is 2.28. The van der Waals surface area contributed by atoms with Gasteiger partial charge in [-0.25, -0.2) is 4.39 Å². The molecule has 0 bridgehead atoms. The molecular formula is C13H13FN2. The molecule has 0 aliphatic carbocycles. The van der Waals surface area contributed by atoms with Crippen LogP contribution in [0.3, 0.4) is 0 Å². The second kappa shape index (κ2) is 4.36. The molecule has 82 valence electrons. The Kier molecular flexibility index (Phi) is 2.91. The summed E-state index contributed by atoms with van der Waals surface area (Å²) in [7, 11) is 0. The minimum Gasteiger partial charge on any atom is -0.365 e. The smallest absolute Gasteiger partial charge is 0.147 e. The Morgan fingerprint density at radius 3 is 2.88 bits per heavy atom. The molecule has 1 aromatic carbocycles. The molecule has 0 saturated carbocycles. The SMILES string of the molecule is CC1=CCCN(c2ccc(C#N)cc2F)C1. The Morgan fingerprint density at radius 1 is 1.44 bits per heavy atom. The highest BCUT2D eigenvalue weighted by atomic mass is 19.1. The minimum absolute atomic E-state index is 0.311. The second-order valence-electron chi connectivity index (χ2n) is 4.04. The van der Waals surface area contributed by atoms with E-state index in [9.17, 15) is 4.39 Å². The quantitative estimate of drug-likeness (QED) is 0.675. The third kappa shape index (κ3) is 2.06. The largest absolute Gasteiger partial charge is 0.365 e. The molecule has 0 spiro atoms. The number of hydrogen-bond donors (Lipinski definition) is 0. The van der Waals surface area contributed by atoms with Crippen molar-refractivity contribution in [3.05, 3.63) is 41.2 Å². The van der Waals surface area contributed by atoms with Crippen molar-refractivity contribution in [1.82, 2.24) is 0 Å². The summed E-state index contributed by atoms with van der Waals surface area (Å²) < 4.78 is 13.7. The fraction of sp³-hybridized carbons (Fsp3) is 0.308. The van der Waals surface area contributed by atoms with Crippen LogP contribution in [0.2, 0.25) is 0 Å². The Labute approximate surface area is 94.6 Å². The van der Waals surface area contributed by atoms with Gasteiger partial charge in [0.1, 0.15) is 5.82 Å². The van der Waals surface area contributed by atoms with Gasteiger partial charge in [0.05, 0.1) is 17.3 Å². The summed E-state index contributed by atoms with van der Waals surface area (Å²) in [5, 5.41) is 8.67. The zero-order valence-corrected chi connectivity index (χ0v) is 9.20. The lowest BCUT2D eigenvalue weighted by Crippen LogP contribution is -2.29. The Bertz CT molecular complexity index is 471. The van der Waals surface area contributed by atoms with Gasteiger partial charge in [0.2, 0.25) is 0 Å². The summed E-state index contributed by atoms with van der Waals surface area (Å²) in [5.74, 6) is -0.311. The molecule has 0 saturated heterocycles. The van der Waals surface area contributed by atoms with Gasteiger partial charge in [-0.05, 0) is 31.5 Å². The second-order valence-corrected chi connectivity index (χ2v) is 4.04. The maximum absolute atomic E-state index is 13.7. The van der Waals surface area contributed by atoms with Crippen molar-refractivity contribution in [2.24, 2.45) is 0 Å². The molecule has 0 aromatic heterocycles. The predicted octanol–water partition coefficient (Wildman–Crippen LogP) is 2.85. The first-order chi connectivity index (χ1) is 7.70. The molecule has 1 aliphatic rings. The first-order valence-electron chi connectivity index (χ1n) is 5.31. The van der Waals surface area contributed by atoms with E-state index in [1.807, 2.05) is 17.9 Å². The van der Waals surface area contributed by atoms with E-state index in [2.05, 4.69) is 6.08 Å². The number of rotatable bonds is 1. The monoisotopic (exact) mass is 216 g/mol. The van der Waals surface area contributed by atoms with E-state index in [-0.39, 0.29) is 5.82 Å². The Morgan fingerprint density at radius 2 is 2.25 bits per heavy atom.